The van der Waals surface area contributed by atoms with Crippen LogP contribution < -0.4 is 15.4 Å². The zero-order valence-electron chi connectivity index (χ0n) is 22.7. The van der Waals surface area contributed by atoms with Gasteiger partial charge in [0.2, 0.25) is 0 Å². The summed E-state index contributed by atoms with van der Waals surface area (Å²) in [5.41, 5.74) is 3.58. The van der Waals surface area contributed by atoms with E-state index in [0.717, 1.165) is 43.0 Å². The second kappa shape index (κ2) is 11.6. The standard InChI is InChI=1S/C29H36N6O3/c1-29(2,23-11-10-22(27(36)30-3)16-25(23)38-5)18-31-26-17-24(32-19-33-26)20-6-8-21(9-7-20)28(37)35-14-12-34(4)13-15-35/h6-11,16-17,19H,12-15,18H2,1-5H3,(H,30,36)(H,31,32,33). The number of piperazine rings is 1. The molecule has 9 heteroatoms. The number of carbonyl (C=O) groups excluding carboxylic acids is 2. The van der Waals surface area contributed by atoms with Crippen molar-refractivity contribution >= 4 is 17.6 Å². The van der Waals surface area contributed by atoms with Crippen LogP contribution in [0.25, 0.3) is 11.3 Å². The number of amides is 2. The highest BCUT2D eigenvalue weighted by molar-refractivity contribution is 5.95. The van der Waals surface area contributed by atoms with Crippen LogP contribution in [0.15, 0.2) is 54.9 Å². The van der Waals surface area contributed by atoms with Gasteiger partial charge in [0.05, 0.1) is 12.8 Å². The number of ether oxygens (including phenoxy) is 1. The number of likely N-dealkylation sites (N-methyl/N-ethyl adjacent to an activating group) is 1. The molecule has 2 N–H and O–H groups in total. The Morgan fingerprint density at radius 2 is 1.66 bits per heavy atom. The van der Waals surface area contributed by atoms with Crippen molar-refractivity contribution in [3.05, 3.63) is 71.5 Å². The lowest BCUT2D eigenvalue weighted by Crippen LogP contribution is -2.47. The van der Waals surface area contributed by atoms with Gasteiger partial charge in [-0.05, 0) is 31.3 Å². The minimum atomic E-state index is -0.317. The summed E-state index contributed by atoms with van der Waals surface area (Å²) < 4.78 is 5.60. The number of nitrogens with one attached hydrogen (secondary N) is 2. The van der Waals surface area contributed by atoms with Gasteiger partial charge in [0.15, 0.2) is 0 Å². The van der Waals surface area contributed by atoms with Gasteiger partial charge in [-0.1, -0.05) is 32.0 Å². The highest BCUT2D eigenvalue weighted by atomic mass is 16.5. The number of methoxy groups -OCH3 is 1. The molecule has 0 atom stereocenters. The Morgan fingerprint density at radius 1 is 0.974 bits per heavy atom. The topological polar surface area (TPSA) is 99.7 Å². The molecule has 38 heavy (non-hydrogen) atoms. The van der Waals surface area contributed by atoms with E-state index in [1.807, 2.05) is 41.3 Å². The van der Waals surface area contributed by atoms with Gasteiger partial charge >= 0.3 is 0 Å². The first-order chi connectivity index (χ1) is 18.2. The molecule has 200 valence electrons. The number of anilines is 1. The molecule has 1 aliphatic rings. The third kappa shape index (κ3) is 6.11. The summed E-state index contributed by atoms with van der Waals surface area (Å²) in [7, 11) is 5.29. The summed E-state index contributed by atoms with van der Waals surface area (Å²) in [6, 6.07) is 15.0. The maximum atomic E-state index is 12.9. The maximum absolute atomic E-state index is 12.9. The summed E-state index contributed by atoms with van der Waals surface area (Å²) >= 11 is 0. The Labute approximate surface area is 224 Å². The van der Waals surface area contributed by atoms with Crippen LogP contribution >= 0.6 is 0 Å². The van der Waals surface area contributed by atoms with Crippen molar-refractivity contribution in [3.63, 3.8) is 0 Å². The molecule has 0 saturated carbocycles. The van der Waals surface area contributed by atoms with E-state index >= 15 is 0 Å². The van der Waals surface area contributed by atoms with E-state index in [2.05, 4.69) is 46.4 Å². The van der Waals surface area contributed by atoms with Crippen LogP contribution in [0, 0.1) is 0 Å². The molecule has 9 nitrogen and oxygen atoms in total. The number of hydrogen-bond acceptors (Lipinski definition) is 7. The number of hydrogen-bond donors (Lipinski definition) is 2. The van der Waals surface area contributed by atoms with Gasteiger partial charge < -0.3 is 25.2 Å². The van der Waals surface area contributed by atoms with Crippen molar-refractivity contribution in [1.82, 2.24) is 25.1 Å². The molecule has 1 fully saturated rings. The molecule has 0 aliphatic carbocycles. The Kier molecular flexibility index (Phi) is 8.26. The summed E-state index contributed by atoms with van der Waals surface area (Å²) in [5, 5.41) is 6.06. The monoisotopic (exact) mass is 516 g/mol. The SMILES string of the molecule is CNC(=O)c1ccc(C(C)(C)CNc2cc(-c3ccc(C(=O)N4CCN(C)CC4)cc3)ncn2)c(OC)c1. The average Bonchev–Trinajstić information content (AvgIpc) is 2.95. The van der Waals surface area contributed by atoms with E-state index in [1.54, 1.807) is 26.3 Å². The first-order valence-corrected chi connectivity index (χ1v) is 12.8. The lowest BCUT2D eigenvalue weighted by atomic mass is 9.83. The molecule has 0 radical (unpaired) electrons. The Bertz CT molecular complexity index is 1280. The van der Waals surface area contributed by atoms with Crippen molar-refractivity contribution in [2.24, 2.45) is 0 Å². The first-order valence-electron chi connectivity index (χ1n) is 12.8. The maximum Gasteiger partial charge on any atom is 0.253 e. The molecule has 1 saturated heterocycles. The lowest BCUT2D eigenvalue weighted by Gasteiger charge is -2.32. The quantitative estimate of drug-likeness (QED) is 0.474. The van der Waals surface area contributed by atoms with Crippen LogP contribution in [0.5, 0.6) is 5.75 Å². The Morgan fingerprint density at radius 3 is 2.32 bits per heavy atom. The smallest absolute Gasteiger partial charge is 0.253 e. The van der Waals surface area contributed by atoms with Crippen LogP contribution in [-0.4, -0.2) is 85.5 Å². The molecule has 2 heterocycles. The predicted molar refractivity (Wildman–Crippen MR) is 149 cm³/mol. The van der Waals surface area contributed by atoms with Crippen molar-refractivity contribution in [2.45, 2.75) is 19.3 Å². The van der Waals surface area contributed by atoms with Crippen LogP contribution in [0.2, 0.25) is 0 Å². The summed E-state index contributed by atoms with van der Waals surface area (Å²) in [5.74, 6) is 1.26. The highest BCUT2D eigenvalue weighted by Crippen LogP contribution is 2.33. The molecule has 2 amide bonds. The van der Waals surface area contributed by atoms with Gasteiger partial charge in [0.25, 0.3) is 11.8 Å². The fraction of sp³-hybridized carbons (Fsp3) is 0.379. The summed E-state index contributed by atoms with van der Waals surface area (Å²) in [6.45, 7) is 8.08. The fourth-order valence-corrected chi connectivity index (χ4v) is 4.53. The van der Waals surface area contributed by atoms with Gasteiger partial charge in [-0.25, -0.2) is 9.97 Å². The molecule has 0 spiro atoms. The summed E-state index contributed by atoms with van der Waals surface area (Å²) in [4.78, 5) is 37.9. The normalized spacial score (nSPS) is 14.2. The molecule has 0 unspecified atom stereocenters. The largest absolute Gasteiger partial charge is 0.496 e. The zero-order chi connectivity index (χ0) is 27.3. The van der Waals surface area contributed by atoms with Crippen molar-refractivity contribution in [1.29, 1.82) is 0 Å². The number of benzene rings is 2. The second-order valence-electron chi connectivity index (χ2n) is 10.2. The zero-order valence-corrected chi connectivity index (χ0v) is 22.7. The van der Waals surface area contributed by atoms with Crippen molar-refractivity contribution in [2.75, 3.05) is 59.2 Å². The van der Waals surface area contributed by atoms with E-state index in [4.69, 9.17) is 4.74 Å². The van der Waals surface area contributed by atoms with Gasteiger partial charge in [0, 0.05) is 73.5 Å². The van der Waals surface area contributed by atoms with E-state index in [0.29, 0.717) is 29.2 Å². The predicted octanol–water partition coefficient (Wildman–Crippen LogP) is 3.29. The molecule has 1 aromatic heterocycles. The molecular weight excluding hydrogens is 480 g/mol. The van der Waals surface area contributed by atoms with Crippen LogP contribution in [0.4, 0.5) is 5.82 Å². The highest BCUT2D eigenvalue weighted by Gasteiger charge is 2.26. The van der Waals surface area contributed by atoms with Crippen LogP contribution in [0.1, 0.15) is 40.1 Å². The molecule has 0 bridgehead atoms. The van der Waals surface area contributed by atoms with Gasteiger partial charge in [-0.2, -0.15) is 0 Å². The van der Waals surface area contributed by atoms with Crippen LogP contribution in [0.3, 0.4) is 0 Å². The van der Waals surface area contributed by atoms with E-state index < -0.39 is 0 Å². The summed E-state index contributed by atoms with van der Waals surface area (Å²) in [6.07, 6.45) is 1.53. The fourth-order valence-electron chi connectivity index (χ4n) is 4.53. The van der Waals surface area contributed by atoms with Crippen LogP contribution in [-0.2, 0) is 5.41 Å². The number of aromatic nitrogens is 2. The minimum Gasteiger partial charge on any atom is -0.496 e. The molecule has 3 aromatic rings. The molecule has 4 rings (SSSR count). The molecule has 1 aliphatic heterocycles. The number of nitrogens with zero attached hydrogens (tertiary/aromatic N) is 4. The third-order valence-corrected chi connectivity index (χ3v) is 7.02. The molecular formula is C29H36N6O3. The first kappa shape index (κ1) is 27.1. The number of carbonyl (C=O) groups is 2. The number of rotatable bonds is 8. The van der Waals surface area contributed by atoms with E-state index in [1.165, 1.54) is 6.33 Å². The van der Waals surface area contributed by atoms with E-state index in [-0.39, 0.29) is 17.2 Å². The van der Waals surface area contributed by atoms with Crippen molar-refractivity contribution in [3.8, 4) is 17.0 Å². The second-order valence-corrected chi connectivity index (χ2v) is 10.2. The van der Waals surface area contributed by atoms with Gasteiger partial charge in [0.1, 0.15) is 17.9 Å². The Hall–Kier alpha value is -3.98. The molecule has 2 aromatic carbocycles. The Balaban J connectivity index is 1.44. The van der Waals surface area contributed by atoms with Gasteiger partial charge in [-0.15, -0.1) is 0 Å². The average molecular weight is 517 g/mol. The minimum absolute atomic E-state index is 0.0655. The van der Waals surface area contributed by atoms with Gasteiger partial charge in [-0.3, -0.25) is 9.59 Å². The third-order valence-electron chi connectivity index (χ3n) is 7.02. The van der Waals surface area contributed by atoms with Crippen molar-refractivity contribution < 1.29 is 14.3 Å². The lowest BCUT2D eigenvalue weighted by molar-refractivity contribution is 0.0664. The van der Waals surface area contributed by atoms with E-state index in [9.17, 15) is 9.59 Å².